The summed E-state index contributed by atoms with van der Waals surface area (Å²) in [5.74, 6) is 0.835. The fourth-order valence-electron chi connectivity index (χ4n) is 3.74. The molecule has 0 spiro atoms. The topological polar surface area (TPSA) is 59.9 Å². The van der Waals surface area contributed by atoms with Gasteiger partial charge >= 0.3 is 0 Å². The van der Waals surface area contributed by atoms with Crippen LogP contribution in [0.3, 0.4) is 0 Å². The quantitative estimate of drug-likeness (QED) is 0.290. The molecule has 0 aromatic heterocycles. The first kappa shape index (κ1) is 23.6. The van der Waals surface area contributed by atoms with Gasteiger partial charge in [0.05, 0.1) is 13.2 Å². The van der Waals surface area contributed by atoms with Crippen LogP contribution in [0, 0.1) is 0 Å². The molecule has 0 radical (unpaired) electrons. The molecule has 1 saturated heterocycles. The molecule has 1 fully saturated rings. The maximum Gasteiger partial charge on any atom is 0.191 e. The highest BCUT2D eigenvalue weighted by molar-refractivity contribution is 14.0. The molecule has 3 rings (SSSR count). The number of nitrogens with zero attached hydrogens (tertiary/aromatic N) is 2. The van der Waals surface area contributed by atoms with Crippen molar-refractivity contribution in [2.24, 2.45) is 4.99 Å². The van der Waals surface area contributed by atoms with E-state index in [0.29, 0.717) is 12.6 Å². The second-order valence-corrected chi connectivity index (χ2v) is 7.26. The smallest absolute Gasteiger partial charge is 0.191 e. The second-order valence-electron chi connectivity index (χ2n) is 7.26. The van der Waals surface area contributed by atoms with E-state index in [1.807, 2.05) is 24.3 Å². The molecule has 0 saturated carbocycles. The van der Waals surface area contributed by atoms with E-state index in [1.54, 1.807) is 0 Å². The minimum Gasteiger partial charge on any atom is -0.392 e. The lowest BCUT2D eigenvalue weighted by Crippen LogP contribution is -2.44. The van der Waals surface area contributed by atoms with Crippen molar-refractivity contribution in [2.45, 2.75) is 45.5 Å². The molecule has 1 atom stereocenters. The Hall–Kier alpha value is -1.64. The van der Waals surface area contributed by atoms with Crippen molar-refractivity contribution in [3.8, 4) is 0 Å². The zero-order valence-corrected chi connectivity index (χ0v) is 19.5. The minimum atomic E-state index is 0. The summed E-state index contributed by atoms with van der Waals surface area (Å²) in [6.45, 7) is 6.56. The number of benzene rings is 2. The summed E-state index contributed by atoms with van der Waals surface area (Å²) < 4.78 is 0. The number of halogens is 1. The van der Waals surface area contributed by atoms with Gasteiger partial charge in [0.2, 0.25) is 0 Å². The maximum atomic E-state index is 9.50. The number of aliphatic hydroxyl groups excluding tert-OH is 1. The van der Waals surface area contributed by atoms with E-state index in [2.05, 4.69) is 52.8 Å². The predicted octanol–water partition coefficient (Wildman–Crippen LogP) is 3.52. The van der Waals surface area contributed by atoms with Crippen LogP contribution in [0.25, 0.3) is 0 Å². The highest BCUT2D eigenvalue weighted by Gasteiger charge is 2.24. The Balaban J connectivity index is 0.00000300. The normalized spacial score (nSPS) is 17.0. The van der Waals surface area contributed by atoms with Crippen LogP contribution in [0.1, 0.15) is 36.5 Å². The number of aliphatic imine (C=N–C) groups is 1. The Morgan fingerprint density at radius 2 is 1.79 bits per heavy atom. The van der Waals surface area contributed by atoms with E-state index in [0.717, 1.165) is 43.3 Å². The molecule has 2 aromatic carbocycles. The monoisotopic (exact) mass is 508 g/mol. The standard InChI is InChI=1S/C23H32N4O.HI/c1-2-24-23(25-15-20-11-6-7-12-21(20)18-28)26-16-22-13-8-14-27(22)17-19-9-4-3-5-10-19;/h3-7,9-12,22,28H,2,8,13-18H2,1H3,(H2,24,25,26);1H. The lowest BCUT2D eigenvalue weighted by Gasteiger charge is -2.25. The van der Waals surface area contributed by atoms with Gasteiger partial charge in [-0.15, -0.1) is 24.0 Å². The molecule has 5 nitrogen and oxygen atoms in total. The molecule has 1 aliphatic heterocycles. The fraction of sp³-hybridized carbons (Fsp3) is 0.435. The Morgan fingerprint density at radius 1 is 1.07 bits per heavy atom. The van der Waals surface area contributed by atoms with Crippen LogP contribution in [-0.4, -0.2) is 41.6 Å². The summed E-state index contributed by atoms with van der Waals surface area (Å²) >= 11 is 0. The Labute approximate surface area is 191 Å². The molecule has 2 aromatic rings. The van der Waals surface area contributed by atoms with E-state index in [1.165, 1.54) is 18.4 Å². The van der Waals surface area contributed by atoms with Gasteiger partial charge in [0.15, 0.2) is 5.96 Å². The van der Waals surface area contributed by atoms with Gasteiger partial charge in [-0.1, -0.05) is 54.6 Å². The predicted molar refractivity (Wildman–Crippen MR) is 130 cm³/mol. The lowest BCUT2D eigenvalue weighted by atomic mass is 10.1. The van der Waals surface area contributed by atoms with Gasteiger partial charge in [-0.2, -0.15) is 0 Å². The van der Waals surface area contributed by atoms with E-state index < -0.39 is 0 Å². The van der Waals surface area contributed by atoms with Crippen LogP contribution in [0.2, 0.25) is 0 Å². The third-order valence-corrected chi connectivity index (χ3v) is 5.27. The van der Waals surface area contributed by atoms with Gasteiger partial charge in [-0.05, 0) is 43.0 Å². The second kappa shape index (κ2) is 12.8. The number of hydrogen-bond donors (Lipinski definition) is 3. The van der Waals surface area contributed by atoms with Gasteiger partial charge in [0.25, 0.3) is 0 Å². The number of nitrogens with one attached hydrogen (secondary N) is 2. The van der Waals surface area contributed by atoms with Gasteiger partial charge in [0, 0.05) is 25.7 Å². The molecule has 158 valence electrons. The van der Waals surface area contributed by atoms with Crippen molar-refractivity contribution < 1.29 is 5.11 Å². The summed E-state index contributed by atoms with van der Waals surface area (Å²) in [4.78, 5) is 7.29. The Bertz CT molecular complexity index is 754. The molecule has 0 amide bonds. The van der Waals surface area contributed by atoms with Crippen LogP contribution < -0.4 is 10.6 Å². The summed E-state index contributed by atoms with van der Waals surface area (Å²) in [5.41, 5.74) is 3.37. The van der Waals surface area contributed by atoms with Crippen molar-refractivity contribution in [2.75, 3.05) is 19.6 Å². The minimum absolute atomic E-state index is 0. The summed E-state index contributed by atoms with van der Waals surface area (Å²) in [7, 11) is 0. The molecular formula is C23H33IN4O. The van der Waals surface area contributed by atoms with Crippen molar-refractivity contribution >= 4 is 29.9 Å². The largest absolute Gasteiger partial charge is 0.392 e. The third-order valence-electron chi connectivity index (χ3n) is 5.27. The third kappa shape index (κ3) is 7.28. The van der Waals surface area contributed by atoms with Gasteiger partial charge in [-0.3, -0.25) is 4.90 Å². The fourth-order valence-corrected chi connectivity index (χ4v) is 3.74. The Morgan fingerprint density at radius 3 is 2.52 bits per heavy atom. The van der Waals surface area contributed by atoms with Gasteiger partial charge in [0.1, 0.15) is 0 Å². The lowest BCUT2D eigenvalue weighted by molar-refractivity contribution is 0.245. The van der Waals surface area contributed by atoms with Crippen LogP contribution >= 0.6 is 24.0 Å². The highest BCUT2D eigenvalue weighted by Crippen LogP contribution is 2.19. The zero-order chi connectivity index (χ0) is 19.6. The summed E-state index contributed by atoms with van der Waals surface area (Å²) in [5, 5.41) is 16.4. The molecule has 6 heteroatoms. The molecule has 29 heavy (non-hydrogen) atoms. The molecule has 0 bridgehead atoms. The number of rotatable bonds is 8. The number of guanidine groups is 1. The van der Waals surface area contributed by atoms with Crippen LogP contribution in [0.15, 0.2) is 59.6 Å². The first-order valence-corrected chi connectivity index (χ1v) is 10.3. The molecular weight excluding hydrogens is 475 g/mol. The first-order valence-electron chi connectivity index (χ1n) is 10.3. The van der Waals surface area contributed by atoms with Crippen LogP contribution in [0.4, 0.5) is 0 Å². The summed E-state index contributed by atoms with van der Waals surface area (Å²) in [6.07, 6.45) is 2.46. The molecule has 1 unspecified atom stereocenters. The van der Waals surface area contributed by atoms with Gasteiger partial charge in [-0.25, -0.2) is 4.99 Å². The molecule has 3 N–H and O–H groups in total. The SMILES string of the molecule is CCNC(=NCc1ccccc1CO)NCC1CCCN1Cc1ccccc1.I. The molecule has 1 aliphatic rings. The first-order chi connectivity index (χ1) is 13.8. The average molecular weight is 508 g/mol. The van der Waals surface area contributed by atoms with Crippen LogP contribution in [0.5, 0.6) is 0 Å². The van der Waals surface area contributed by atoms with Crippen molar-refractivity contribution in [3.05, 3.63) is 71.3 Å². The number of likely N-dealkylation sites (tertiary alicyclic amines) is 1. The zero-order valence-electron chi connectivity index (χ0n) is 17.2. The number of aliphatic hydroxyl groups is 1. The van der Waals surface area contributed by atoms with E-state index >= 15 is 0 Å². The van der Waals surface area contributed by atoms with Gasteiger partial charge < -0.3 is 15.7 Å². The molecule has 0 aliphatic carbocycles. The van der Waals surface area contributed by atoms with E-state index in [4.69, 9.17) is 4.99 Å². The van der Waals surface area contributed by atoms with Crippen LogP contribution in [-0.2, 0) is 19.7 Å². The number of hydrogen-bond acceptors (Lipinski definition) is 3. The van der Waals surface area contributed by atoms with E-state index in [-0.39, 0.29) is 30.6 Å². The maximum absolute atomic E-state index is 9.50. The molecule has 1 heterocycles. The highest BCUT2D eigenvalue weighted by atomic mass is 127. The Kier molecular flexibility index (Phi) is 10.5. The summed E-state index contributed by atoms with van der Waals surface area (Å²) in [6, 6.07) is 19.1. The average Bonchev–Trinajstić information content (AvgIpc) is 3.18. The van der Waals surface area contributed by atoms with Crippen molar-refractivity contribution in [3.63, 3.8) is 0 Å². The van der Waals surface area contributed by atoms with E-state index in [9.17, 15) is 5.11 Å². The van der Waals surface area contributed by atoms with Crippen molar-refractivity contribution in [1.29, 1.82) is 0 Å². The van der Waals surface area contributed by atoms with Crippen molar-refractivity contribution in [1.82, 2.24) is 15.5 Å².